The smallest absolute Gasteiger partial charge is 0.136 e. The quantitative estimate of drug-likeness (QED) is 0.677. The normalized spacial score (nSPS) is 38.3. The summed E-state index contributed by atoms with van der Waals surface area (Å²) >= 11 is 0. The Bertz CT molecular complexity index is 339. The maximum Gasteiger partial charge on any atom is 0.136 e. The number of carbonyl (C=O) groups excluding carboxylic acids is 1. The zero-order valence-electron chi connectivity index (χ0n) is 9.52. The molecule has 88 valence electrons. The molecule has 0 spiro atoms. The lowest BCUT2D eigenvalue weighted by atomic mass is 9.71. The van der Waals surface area contributed by atoms with E-state index in [0.29, 0.717) is 19.3 Å². The predicted molar refractivity (Wildman–Crippen MR) is 59.4 cm³/mol. The number of hydrogen-bond donors (Lipinski definition) is 2. The van der Waals surface area contributed by atoms with Crippen molar-refractivity contribution in [1.82, 2.24) is 0 Å². The lowest BCUT2D eigenvalue weighted by molar-refractivity contribution is -0.133. The topological polar surface area (TPSA) is 57.5 Å². The molecule has 0 radical (unpaired) electrons. The molecule has 0 aromatic carbocycles. The van der Waals surface area contributed by atoms with Crippen LogP contribution in [0, 0.1) is 29.6 Å². The second-order valence-corrected chi connectivity index (χ2v) is 4.86. The van der Waals surface area contributed by atoms with Crippen LogP contribution in [0.5, 0.6) is 0 Å². The molecule has 3 nitrogen and oxygen atoms in total. The van der Waals surface area contributed by atoms with Crippen LogP contribution in [0.25, 0.3) is 0 Å². The molecule has 0 saturated heterocycles. The van der Waals surface area contributed by atoms with Gasteiger partial charge in [-0.15, -0.1) is 0 Å². The second kappa shape index (κ2) is 4.57. The fourth-order valence-corrected chi connectivity index (χ4v) is 2.72. The van der Waals surface area contributed by atoms with Crippen molar-refractivity contribution >= 4 is 5.78 Å². The number of Topliss-reactive ketones (excluding diaryl/α,β-unsaturated/α-hetero) is 1. The summed E-state index contributed by atoms with van der Waals surface area (Å²) in [6.45, 7) is 2.00. The number of hydrogen-bond acceptors (Lipinski definition) is 3. The Hall–Kier alpha value is -0.850. The van der Waals surface area contributed by atoms with Crippen LogP contribution in [0.2, 0.25) is 0 Å². The highest BCUT2D eigenvalue weighted by Gasteiger charge is 2.52. The summed E-state index contributed by atoms with van der Waals surface area (Å²) in [6.07, 6.45) is 1.61. The van der Waals surface area contributed by atoms with Gasteiger partial charge in [0.2, 0.25) is 0 Å². The Morgan fingerprint density at radius 2 is 2.31 bits per heavy atom. The predicted octanol–water partition coefficient (Wildman–Crippen LogP) is 0.737. The third-order valence-electron chi connectivity index (χ3n) is 3.72. The van der Waals surface area contributed by atoms with Gasteiger partial charge in [0.15, 0.2) is 0 Å². The van der Waals surface area contributed by atoms with Gasteiger partial charge in [-0.1, -0.05) is 25.2 Å². The highest BCUT2D eigenvalue weighted by Crippen LogP contribution is 2.47. The molecule has 0 bridgehead atoms. The third-order valence-corrected chi connectivity index (χ3v) is 3.72. The van der Waals surface area contributed by atoms with E-state index < -0.39 is 12.2 Å². The fraction of sp³-hybridized carbons (Fsp3) is 0.769. The monoisotopic (exact) mass is 222 g/mol. The minimum atomic E-state index is -0.591. The van der Waals surface area contributed by atoms with Gasteiger partial charge >= 0.3 is 0 Å². The second-order valence-electron chi connectivity index (χ2n) is 4.86. The minimum absolute atomic E-state index is 0.0395. The SMILES string of the molecule is CCCC(O)C#CC1C(O)CC2C(=O)CC21. The molecule has 0 aliphatic heterocycles. The molecule has 16 heavy (non-hydrogen) atoms. The number of aliphatic hydroxyl groups excluding tert-OH is 2. The van der Waals surface area contributed by atoms with Crippen LogP contribution in [0.3, 0.4) is 0 Å². The van der Waals surface area contributed by atoms with Crippen molar-refractivity contribution in [1.29, 1.82) is 0 Å². The summed E-state index contributed by atoms with van der Waals surface area (Å²) < 4.78 is 0. The van der Waals surface area contributed by atoms with Gasteiger partial charge in [-0.05, 0) is 18.8 Å². The average molecular weight is 222 g/mol. The van der Waals surface area contributed by atoms with E-state index >= 15 is 0 Å². The first kappa shape index (κ1) is 11.6. The van der Waals surface area contributed by atoms with E-state index in [1.807, 2.05) is 6.92 Å². The molecule has 2 aliphatic carbocycles. The first-order valence-corrected chi connectivity index (χ1v) is 6.03. The van der Waals surface area contributed by atoms with E-state index in [1.165, 1.54) is 0 Å². The van der Waals surface area contributed by atoms with E-state index in [0.717, 1.165) is 6.42 Å². The van der Waals surface area contributed by atoms with Crippen molar-refractivity contribution in [2.24, 2.45) is 17.8 Å². The molecular formula is C13H18O3. The molecule has 2 aliphatic rings. The van der Waals surface area contributed by atoms with E-state index in [1.54, 1.807) is 0 Å². The van der Waals surface area contributed by atoms with Crippen molar-refractivity contribution in [2.75, 3.05) is 0 Å². The molecule has 0 heterocycles. The van der Waals surface area contributed by atoms with Crippen molar-refractivity contribution in [2.45, 2.75) is 44.8 Å². The van der Waals surface area contributed by atoms with Crippen molar-refractivity contribution in [3.05, 3.63) is 0 Å². The van der Waals surface area contributed by atoms with Gasteiger partial charge in [-0.2, -0.15) is 0 Å². The molecule has 5 atom stereocenters. The molecule has 2 N–H and O–H groups in total. The van der Waals surface area contributed by atoms with Crippen LogP contribution in [0.1, 0.15) is 32.6 Å². The highest BCUT2D eigenvalue weighted by atomic mass is 16.3. The van der Waals surface area contributed by atoms with Crippen molar-refractivity contribution in [3.8, 4) is 11.8 Å². The Labute approximate surface area is 95.9 Å². The van der Waals surface area contributed by atoms with Gasteiger partial charge in [0.1, 0.15) is 11.9 Å². The van der Waals surface area contributed by atoms with Gasteiger partial charge in [-0.3, -0.25) is 4.79 Å². The molecule has 0 aromatic heterocycles. The molecule has 3 heteroatoms. The number of ketones is 1. The number of aliphatic hydroxyl groups is 2. The molecule has 0 aromatic rings. The largest absolute Gasteiger partial charge is 0.392 e. The number of carbonyl (C=O) groups is 1. The number of rotatable bonds is 2. The number of fused-ring (bicyclic) bond motifs is 1. The standard InChI is InChI=1S/C13H18O3/c1-2-3-8(14)4-5-9-10-6-13(16)11(10)7-12(9)15/h8-12,14-15H,2-3,6-7H2,1H3. The van der Waals surface area contributed by atoms with Gasteiger partial charge in [-0.25, -0.2) is 0 Å². The summed E-state index contributed by atoms with van der Waals surface area (Å²) in [7, 11) is 0. The minimum Gasteiger partial charge on any atom is -0.392 e. The van der Waals surface area contributed by atoms with Gasteiger partial charge < -0.3 is 10.2 Å². The highest BCUT2D eigenvalue weighted by molar-refractivity contribution is 5.88. The van der Waals surface area contributed by atoms with E-state index in [4.69, 9.17) is 0 Å². The zero-order valence-corrected chi connectivity index (χ0v) is 9.52. The zero-order chi connectivity index (χ0) is 11.7. The Morgan fingerprint density at radius 3 is 2.88 bits per heavy atom. The molecule has 2 saturated carbocycles. The van der Waals surface area contributed by atoms with Crippen LogP contribution >= 0.6 is 0 Å². The first-order valence-electron chi connectivity index (χ1n) is 6.03. The molecular weight excluding hydrogens is 204 g/mol. The van der Waals surface area contributed by atoms with Crippen LogP contribution in [-0.2, 0) is 4.79 Å². The van der Waals surface area contributed by atoms with Crippen LogP contribution in [0.4, 0.5) is 0 Å². The summed E-state index contributed by atoms with van der Waals surface area (Å²) in [5, 5.41) is 19.3. The van der Waals surface area contributed by atoms with Crippen LogP contribution < -0.4 is 0 Å². The van der Waals surface area contributed by atoms with Crippen LogP contribution in [-0.4, -0.2) is 28.2 Å². The Kier molecular flexibility index (Phi) is 3.32. The van der Waals surface area contributed by atoms with E-state index in [9.17, 15) is 15.0 Å². The van der Waals surface area contributed by atoms with Crippen molar-refractivity contribution in [3.63, 3.8) is 0 Å². The summed E-state index contributed by atoms with van der Waals surface area (Å²) in [6, 6.07) is 0. The molecule has 2 rings (SSSR count). The fourth-order valence-electron chi connectivity index (χ4n) is 2.72. The molecule has 2 fully saturated rings. The van der Waals surface area contributed by atoms with Gasteiger partial charge in [0, 0.05) is 12.3 Å². The van der Waals surface area contributed by atoms with Crippen LogP contribution in [0.15, 0.2) is 0 Å². The third kappa shape index (κ3) is 2.00. The van der Waals surface area contributed by atoms with E-state index in [2.05, 4.69) is 11.8 Å². The van der Waals surface area contributed by atoms with Gasteiger partial charge in [0.05, 0.1) is 12.0 Å². The summed E-state index contributed by atoms with van der Waals surface area (Å²) in [5.41, 5.74) is 0. The van der Waals surface area contributed by atoms with Gasteiger partial charge in [0.25, 0.3) is 0 Å². The Morgan fingerprint density at radius 1 is 1.56 bits per heavy atom. The Balaban J connectivity index is 1.97. The van der Waals surface area contributed by atoms with Crippen molar-refractivity contribution < 1.29 is 15.0 Å². The molecule has 0 amide bonds. The summed E-state index contributed by atoms with van der Waals surface area (Å²) in [4.78, 5) is 11.2. The maximum absolute atomic E-state index is 11.2. The lowest BCUT2D eigenvalue weighted by Crippen LogP contribution is -2.35. The average Bonchev–Trinajstić information content (AvgIpc) is 2.49. The first-order chi connectivity index (χ1) is 7.63. The molecule has 5 unspecified atom stereocenters. The maximum atomic E-state index is 11.2. The lowest BCUT2D eigenvalue weighted by Gasteiger charge is -2.30. The van der Waals surface area contributed by atoms with E-state index in [-0.39, 0.29) is 23.5 Å². The summed E-state index contributed by atoms with van der Waals surface area (Å²) in [5.74, 6) is 6.20.